The Labute approximate surface area is 138 Å². The van der Waals surface area contributed by atoms with Crippen LogP contribution in [0, 0.1) is 0 Å². The van der Waals surface area contributed by atoms with Gasteiger partial charge in [0, 0.05) is 22.2 Å². The number of phenolic OH excluding ortho intramolecular Hbond substituents is 1. The summed E-state index contributed by atoms with van der Waals surface area (Å²) < 4.78 is 1.16. The molecule has 2 rings (SSSR count). The molecule has 3 nitrogen and oxygen atoms in total. The number of benzene rings is 2. The average Bonchev–Trinajstić information content (AvgIpc) is 2.42. The number of carbonyl (C=O) groups is 1. The molecule has 0 heterocycles. The topological polar surface area (TPSA) is 40.5 Å². The number of rotatable bonds is 2. The fourth-order valence-electron chi connectivity index (χ4n) is 1.69. The molecule has 0 bridgehead atoms. The third-order valence-electron chi connectivity index (χ3n) is 2.78. The lowest BCUT2D eigenvalue weighted by Crippen LogP contribution is -2.26. The van der Waals surface area contributed by atoms with Crippen LogP contribution in [0.15, 0.2) is 45.3 Å². The van der Waals surface area contributed by atoms with Gasteiger partial charge in [-0.2, -0.15) is 0 Å². The van der Waals surface area contributed by atoms with Crippen LogP contribution in [-0.2, 0) is 0 Å². The Morgan fingerprint density at radius 1 is 1.20 bits per heavy atom. The van der Waals surface area contributed by atoms with Crippen LogP contribution < -0.4 is 4.90 Å². The van der Waals surface area contributed by atoms with Gasteiger partial charge in [0.25, 0.3) is 5.91 Å². The second kappa shape index (κ2) is 6.16. The maximum absolute atomic E-state index is 12.4. The molecule has 0 aliphatic heterocycles. The Morgan fingerprint density at radius 2 is 1.80 bits per heavy atom. The molecule has 0 aliphatic carbocycles. The molecule has 0 spiro atoms. The SMILES string of the molecule is CN(C(=O)c1cc(Br)cc(Br)c1O)c1ccc(Cl)cc1. The van der Waals surface area contributed by atoms with Crippen molar-refractivity contribution >= 4 is 55.1 Å². The zero-order valence-electron chi connectivity index (χ0n) is 10.4. The lowest BCUT2D eigenvalue weighted by atomic mass is 10.1. The van der Waals surface area contributed by atoms with Crippen molar-refractivity contribution in [2.45, 2.75) is 0 Å². The molecular weight excluding hydrogens is 409 g/mol. The van der Waals surface area contributed by atoms with E-state index in [9.17, 15) is 9.90 Å². The summed E-state index contributed by atoms with van der Waals surface area (Å²) in [6, 6.07) is 10.1. The van der Waals surface area contributed by atoms with E-state index in [-0.39, 0.29) is 17.2 Å². The van der Waals surface area contributed by atoms with Crippen molar-refractivity contribution in [3.8, 4) is 5.75 Å². The van der Waals surface area contributed by atoms with Crippen molar-refractivity contribution < 1.29 is 9.90 Å². The zero-order chi connectivity index (χ0) is 14.9. The number of anilines is 1. The summed E-state index contributed by atoms with van der Waals surface area (Å²) in [6.45, 7) is 0. The second-order valence-corrected chi connectivity index (χ2v) is 6.33. The second-order valence-electron chi connectivity index (χ2n) is 4.12. The predicted octanol–water partition coefficient (Wildman–Crippen LogP) is 4.85. The van der Waals surface area contributed by atoms with E-state index >= 15 is 0 Å². The van der Waals surface area contributed by atoms with Gasteiger partial charge in [-0.1, -0.05) is 27.5 Å². The molecule has 0 unspecified atom stereocenters. The normalized spacial score (nSPS) is 10.4. The average molecular weight is 420 g/mol. The molecule has 0 fully saturated rings. The Morgan fingerprint density at radius 3 is 2.40 bits per heavy atom. The van der Waals surface area contributed by atoms with Gasteiger partial charge in [0.2, 0.25) is 0 Å². The summed E-state index contributed by atoms with van der Waals surface area (Å²) in [5, 5.41) is 10.6. The summed E-state index contributed by atoms with van der Waals surface area (Å²) in [5.74, 6) is -0.397. The van der Waals surface area contributed by atoms with Crippen molar-refractivity contribution in [3.63, 3.8) is 0 Å². The minimum atomic E-state index is -0.313. The third kappa shape index (κ3) is 3.16. The maximum atomic E-state index is 12.4. The summed E-state index contributed by atoms with van der Waals surface area (Å²) >= 11 is 12.3. The highest BCUT2D eigenvalue weighted by Gasteiger charge is 2.19. The van der Waals surface area contributed by atoms with Crippen LogP contribution in [0.1, 0.15) is 10.4 Å². The Kier molecular flexibility index (Phi) is 4.73. The molecule has 1 N–H and O–H groups in total. The number of halogens is 3. The number of nitrogens with zero attached hydrogens (tertiary/aromatic N) is 1. The van der Waals surface area contributed by atoms with E-state index < -0.39 is 0 Å². The van der Waals surface area contributed by atoms with Crippen molar-refractivity contribution in [2.24, 2.45) is 0 Å². The van der Waals surface area contributed by atoms with E-state index in [4.69, 9.17) is 11.6 Å². The highest BCUT2D eigenvalue weighted by molar-refractivity contribution is 9.11. The van der Waals surface area contributed by atoms with Crippen molar-refractivity contribution in [1.29, 1.82) is 0 Å². The molecule has 2 aromatic rings. The first-order valence-corrected chi connectivity index (χ1v) is 7.58. The summed E-state index contributed by atoms with van der Waals surface area (Å²) in [7, 11) is 1.64. The monoisotopic (exact) mass is 417 g/mol. The Bertz CT molecular complexity index is 659. The lowest BCUT2D eigenvalue weighted by Gasteiger charge is -2.18. The van der Waals surface area contributed by atoms with E-state index in [2.05, 4.69) is 31.9 Å². The zero-order valence-corrected chi connectivity index (χ0v) is 14.3. The van der Waals surface area contributed by atoms with Crippen LogP contribution in [0.25, 0.3) is 0 Å². The molecule has 1 amide bonds. The van der Waals surface area contributed by atoms with Gasteiger partial charge in [-0.25, -0.2) is 0 Å². The molecule has 0 aliphatic rings. The largest absolute Gasteiger partial charge is 0.506 e. The fourth-order valence-corrected chi connectivity index (χ4v) is 3.04. The van der Waals surface area contributed by atoms with E-state index in [1.165, 1.54) is 4.90 Å². The van der Waals surface area contributed by atoms with Crippen LogP contribution >= 0.6 is 43.5 Å². The predicted molar refractivity (Wildman–Crippen MR) is 87.7 cm³/mol. The van der Waals surface area contributed by atoms with Gasteiger partial charge < -0.3 is 10.0 Å². The summed E-state index contributed by atoms with van der Waals surface area (Å²) in [4.78, 5) is 13.9. The number of amides is 1. The van der Waals surface area contributed by atoms with E-state index in [0.717, 1.165) is 0 Å². The van der Waals surface area contributed by atoms with Crippen LogP contribution in [0.3, 0.4) is 0 Å². The number of hydrogen-bond acceptors (Lipinski definition) is 2. The molecule has 0 saturated heterocycles. The molecule has 0 atom stereocenters. The van der Waals surface area contributed by atoms with Crippen LogP contribution in [0.5, 0.6) is 5.75 Å². The highest BCUT2D eigenvalue weighted by atomic mass is 79.9. The first kappa shape index (κ1) is 15.4. The summed E-state index contributed by atoms with van der Waals surface area (Å²) in [6.07, 6.45) is 0. The molecule has 104 valence electrons. The quantitative estimate of drug-likeness (QED) is 0.756. The minimum absolute atomic E-state index is 0.0842. The minimum Gasteiger partial charge on any atom is -0.506 e. The number of phenols is 1. The van der Waals surface area contributed by atoms with Gasteiger partial charge in [-0.15, -0.1) is 0 Å². The van der Waals surface area contributed by atoms with Crippen LogP contribution in [-0.4, -0.2) is 18.1 Å². The molecule has 0 aromatic heterocycles. The van der Waals surface area contributed by atoms with E-state index in [1.54, 1.807) is 43.4 Å². The maximum Gasteiger partial charge on any atom is 0.261 e. The fraction of sp³-hybridized carbons (Fsp3) is 0.0714. The van der Waals surface area contributed by atoms with Gasteiger partial charge in [0.05, 0.1) is 10.0 Å². The lowest BCUT2D eigenvalue weighted by molar-refractivity contribution is 0.0990. The first-order chi connectivity index (χ1) is 9.40. The number of aromatic hydroxyl groups is 1. The first-order valence-electron chi connectivity index (χ1n) is 5.62. The van der Waals surface area contributed by atoms with Gasteiger partial charge in [0.1, 0.15) is 5.75 Å². The van der Waals surface area contributed by atoms with E-state index in [1.807, 2.05) is 0 Å². The molecule has 2 aromatic carbocycles. The van der Waals surface area contributed by atoms with Crippen molar-refractivity contribution in [1.82, 2.24) is 0 Å². The van der Waals surface area contributed by atoms with Crippen molar-refractivity contribution in [3.05, 3.63) is 55.9 Å². The van der Waals surface area contributed by atoms with Gasteiger partial charge in [-0.05, 0) is 52.3 Å². The van der Waals surface area contributed by atoms with Gasteiger partial charge in [-0.3, -0.25) is 4.79 Å². The van der Waals surface area contributed by atoms with Gasteiger partial charge in [0.15, 0.2) is 0 Å². The molecule has 0 radical (unpaired) electrons. The highest BCUT2D eigenvalue weighted by Crippen LogP contribution is 2.33. The van der Waals surface area contributed by atoms with Gasteiger partial charge >= 0.3 is 0 Å². The molecule has 0 saturated carbocycles. The number of hydrogen-bond donors (Lipinski definition) is 1. The third-order valence-corrected chi connectivity index (χ3v) is 4.09. The molecular formula is C14H10Br2ClNO2. The number of carbonyl (C=O) groups excluding carboxylic acids is 1. The van der Waals surface area contributed by atoms with Crippen LogP contribution in [0.4, 0.5) is 5.69 Å². The molecule has 20 heavy (non-hydrogen) atoms. The summed E-state index contributed by atoms with van der Waals surface area (Å²) in [5.41, 5.74) is 0.901. The van der Waals surface area contributed by atoms with Crippen LogP contribution in [0.2, 0.25) is 5.02 Å². The standard InChI is InChI=1S/C14H10Br2ClNO2/c1-18(10-4-2-9(17)3-5-10)14(20)11-6-8(15)7-12(16)13(11)19/h2-7,19H,1H3. The molecule has 6 heteroatoms. The van der Waals surface area contributed by atoms with E-state index in [0.29, 0.717) is 19.7 Å². The Hall–Kier alpha value is -1.04. The smallest absolute Gasteiger partial charge is 0.261 e. The van der Waals surface area contributed by atoms with Crippen molar-refractivity contribution in [2.75, 3.05) is 11.9 Å². The Balaban J connectivity index is 2.38.